The van der Waals surface area contributed by atoms with E-state index in [0.29, 0.717) is 42.9 Å². The molecule has 2 saturated heterocycles. The molecule has 10 nitrogen and oxygen atoms in total. The van der Waals surface area contributed by atoms with Crippen molar-refractivity contribution >= 4 is 22.9 Å². The number of ether oxygens (including phenoxy) is 3. The van der Waals surface area contributed by atoms with Crippen molar-refractivity contribution in [2.75, 3.05) is 65.5 Å². The summed E-state index contributed by atoms with van der Waals surface area (Å²) < 4.78 is 19.0. The average Bonchev–Trinajstić information content (AvgIpc) is 3.70. The molecule has 0 spiro atoms. The number of hydrogen-bond donors (Lipinski definition) is 1. The van der Waals surface area contributed by atoms with Gasteiger partial charge in [0.15, 0.2) is 11.5 Å². The van der Waals surface area contributed by atoms with E-state index >= 15 is 0 Å². The van der Waals surface area contributed by atoms with Gasteiger partial charge in [0.2, 0.25) is 5.95 Å². The smallest absolute Gasteiger partial charge is 0.254 e. The Kier molecular flexibility index (Phi) is 11.6. The number of hydrogen-bond acceptors (Lipinski definition) is 7. The summed E-state index contributed by atoms with van der Waals surface area (Å²) in [5.41, 5.74) is 4.93. The van der Waals surface area contributed by atoms with Crippen molar-refractivity contribution < 1.29 is 24.5 Å². The number of anilines is 1. The van der Waals surface area contributed by atoms with Crippen molar-refractivity contribution in [2.45, 2.75) is 57.5 Å². The van der Waals surface area contributed by atoms with E-state index in [9.17, 15) is 4.79 Å². The Morgan fingerprint density at radius 2 is 1.73 bits per heavy atom. The van der Waals surface area contributed by atoms with Gasteiger partial charge in [-0.05, 0) is 81.5 Å². The Morgan fingerprint density at radius 1 is 0.979 bits per heavy atom. The molecule has 1 atom stereocenters. The molecule has 3 N–H and O–H groups in total. The number of piperidine rings is 1. The second kappa shape index (κ2) is 15.9. The summed E-state index contributed by atoms with van der Waals surface area (Å²) in [7, 11) is 3.24. The molecule has 1 aromatic heterocycles. The number of aryl methyl sites for hydroxylation is 1. The number of para-hydroxylation sites is 2. The highest BCUT2D eigenvalue weighted by Crippen LogP contribution is 2.40. The zero-order valence-corrected chi connectivity index (χ0v) is 28.8. The fourth-order valence-corrected chi connectivity index (χ4v) is 7.45. The Balaban J connectivity index is 0.00000451. The van der Waals surface area contributed by atoms with Gasteiger partial charge in [0.25, 0.3) is 5.91 Å². The van der Waals surface area contributed by atoms with Gasteiger partial charge >= 0.3 is 0 Å². The van der Waals surface area contributed by atoms with Gasteiger partial charge in [-0.15, -0.1) is 0 Å². The van der Waals surface area contributed by atoms with E-state index in [1.165, 1.54) is 5.56 Å². The van der Waals surface area contributed by atoms with Crippen LogP contribution in [0.4, 0.5) is 5.95 Å². The van der Waals surface area contributed by atoms with Crippen LogP contribution in [-0.2, 0) is 16.7 Å². The van der Waals surface area contributed by atoms with Gasteiger partial charge in [0.1, 0.15) is 0 Å². The Labute approximate surface area is 284 Å². The fraction of sp³-hybridized carbons (Fsp3) is 0.474. The number of amides is 1. The third-order valence-corrected chi connectivity index (χ3v) is 10.1. The van der Waals surface area contributed by atoms with Crippen molar-refractivity contribution in [1.29, 1.82) is 0 Å². The molecule has 2 aliphatic rings. The number of fused-ring (bicyclic) bond motifs is 1. The summed E-state index contributed by atoms with van der Waals surface area (Å²) in [6.45, 7) is 10.7. The lowest BCUT2D eigenvalue weighted by atomic mass is 9.76. The molecular formula is C38H51N5O5. The normalized spacial score (nSPS) is 18.5. The number of likely N-dealkylation sites (tertiary alicyclic amines) is 2. The van der Waals surface area contributed by atoms with Crippen molar-refractivity contribution in [3.63, 3.8) is 0 Å². The van der Waals surface area contributed by atoms with Gasteiger partial charge in [0.05, 0.1) is 31.9 Å². The first kappa shape index (κ1) is 35.2. The molecule has 0 aliphatic carbocycles. The largest absolute Gasteiger partial charge is 0.493 e. The van der Waals surface area contributed by atoms with Crippen LogP contribution < -0.4 is 14.8 Å². The summed E-state index contributed by atoms with van der Waals surface area (Å²) in [5, 5.41) is 3.78. The van der Waals surface area contributed by atoms with Crippen LogP contribution in [0.5, 0.6) is 11.5 Å². The van der Waals surface area contributed by atoms with Crippen LogP contribution in [0.25, 0.3) is 11.0 Å². The number of imidazole rings is 1. The first-order chi connectivity index (χ1) is 22.9. The van der Waals surface area contributed by atoms with Gasteiger partial charge in [-0.25, -0.2) is 4.98 Å². The van der Waals surface area contributed by atoms with Gasteiger partial charge in [-0.2, -0.15) is 0 Å². The Morgan fingerprint density at radius 3 is 2.46 bits per heavy atom. The van der Waals surface area contributed by atoms with Crippen LogP contribution in [0.1, 0.15) is 54.1 Å². The third-order valence-electron chi connectivity index (χ3n) is 10.1. The minimum Gasteiger partial charge on any atom is -0.493 e. The maximum absolute atomic E-state index is 13.8. The van der Waals surface area contributed by atoms with Crippen LogP contribution >= 0.6 is 0 Å². The zero-order valence-electron chi connectivity index (χ0n) is 28.8. The van der Waals surface area contributed by atoms with Crippen molar-refractivity contribution in [1.82, 2.24) is 19.4 Å². The van der Waals surface area contributed by atoms with E-state index in [0.717, 1.165) is 81.0 Å². The number of rotatable bonds is 13. The lowest BCUT2D eigenvalue weighted by molar-refractivity contribution is 0.0779. The minimum atomic E-state index is -0.0803. The van der Waals surface area contributed by atoms with Crippen molar-refractivity contribution in [3.05, 3.63) is 83.4 Å². The molecule has 0 bridgehead atoms. The van der Waals surface area contributed by atoms with Gasteiger partial charge in [0, 0.05) is 56.4 Å². The van der Waals surface area contributed by atoms with Crippen LogP contribution in [0.15, 0.2) is 66.7 Å². The SMILES string of the molecule is CCOCCn1c(NC2CCN(CCC3(c4ccccc4)CCN(C(=O)c4cc(C)c(OC)c(OC)c4)C3)CC2)nc2ccccc21.O. The lowest BCUT2D eigenvalue weighted by Gasteiger charge is -2.36. The minimum absolute atomic E-state index is 0. The number of carbonyl (C=O) groups is 1. The number of nitrogens with one attached hydrogen (secondary N) is 1. The molecule has 1 amide bonds. The summed E-state index contributed by atoms with van der Waals surface area (Å²) in [6.07, 6.45) is 4.09. The number of carbonyl (C=O) groups excluding carboxylic acids is 1. The number of methoxy groups -OCH3 is 2. The maximum atomic E-state index is 13.8. The van der Waals surface area contributed by atoms with Gasteiger partial charge in [-0.1, -0.05) is 42.5 Å². The summed E-state index contributed by atoms with van der Waals surface area (Å²) in [5.74, 6) is 2.24. The summed E-state index contributed by atoms with van der Waals surface area (Å²) in [6, 6.07) is 23.2. The van der Waals surface area contributed by atoms with Gasteiger partial charge in [-0.3, -0.25) is 4.79 Å². The summed E-state index contributed by atoms with van der Waals surface area (Å²) >= 11 is 0. The fourth-order valence-electron chi connectivity index (χ4n) is 7.45. The molecule has 1 unspecified atom stereocenters. The molecule has 10 heteroatoms. The lowest BCUT2D eigenvalue weighted by Crippen LogP contribution is -2.42. The van der Waals surface area contributed by atoms with Gasteiger partial charge < -0.3 is 39.4 Å². The third kappa shape index (κ3) is 7.46. The molecule has 258 valence electrons. The van der Waals surface area contributed by atoms with Crippen molar-refractivity contribution in [3.8, 4) is 11.5 Å². The topological polar surface area (TPSA) is 113 Å². The highest BCUT2D eigenvalue weighted by Gasteiger charge is 2.42. The first-order valence-electron chi connectivity index (χ1n) is 17.0. The van der Waals surface area contributed by atoms with Crippen molar-refractivity contribution in [2.24, 2.45) is 0 Å². The van der Waals surface area contributed by atoms with Crippen LogP contribution in [-0.4, -0.2) is 96.9 Å². The average molecular weight is 658 g/mol. The predicted octanol–water partition coefficient (Wildman–Crippen LogP) is 5.32. The van der Waals surface area contributed by atoms with E-state index in [2.05, 4.69) is 63.3 Å². The standard InChI is InChI=1S/C38H49N5O4.H2O/c1-5-47-24-23-43-33-14-10-9-13-32(33)40-37(43)39-31-15-19-41(20-16-31)21-17-38(30-11-7-6-8-12-30)18-22-42(27-38)36(44)29-25-28(2)35(46-4)34(26-29)45-3;/h6-14,25-26,31H,5,15-24,27H2,1-4H3,(H,39,40);1H2. The molecule has 6 rings (SSSR count). The Bertz CT molecular complexity index is 1650. The number of benzene rings is 3. The number of nitrogens with zero attached hydrogens (tertiary/aromatic N) is 4. The van der Waals surface area contributed by atoms with E-state index < -0.39 is 0 Å². The molecule has 2 aliphatic heterocycles. The Hall–Kier alpha value is -4.12. The summed E-state index contributed by atoms with van der Waals surface area (Å²) in [4.78, 5) is 23.4. The molecule has 48 heavy (non-hydrogen) atoms. The molecule has 0 saturated carbocycles. The highest BCUT2D eigenvalue weighted by atomic mass is 16.5. The van der Waals surface area contributed by atoms with Crippen LogP contribution in [0.2, 0.25) is 0 Å². The molecule has 4 aromatic rings. The molecule has 0 radical (unpaired) electrons. The van der Waals surface area contributed by atoms with Crippen LogP contribution in [0.3, 0.4) is 0 Å². The van der Waals surface area contributed by atoms with E-state index in [1.807, 2.05) is 36.9 Å². The van der Waals surface area contributed by atoms with E-state index in [4.69, 9.17) is 19.2 Å². The molecular weight excluding hydrogens is 606 g/mol. The second-order valence-corrected chi connectivity index (χ2v) is 12.9. The van der Waals surface area contributed by atoms with Crippen LogP contribution in [0, 0.1) is 6.92 Å². The maximum Gasteiger partial charge on any atom is 0.254 e. The first-order valence-corrected chi connectivity index (χ1v) is 17.0. The quantitative estimate of drug-likeness (QED) is 0.194. The van der Waals surface area contributed by atoms with E-state index in [-0.39, 0.29) is 16.8 Å². The number of aromatic nitrogens is 2. The highest BCUT2D eigenvalue weighted by molar-refractivity contribution is 5.95. The molecule has 3 aromatic carbocycles. The molecule has 2 fully saturated rings. The monoisotopic (exact) mass is 657 g/mol. The second-order valence-electron chi connectivity index (χ2n) is 12.9. The predicted molar refractivity (Wildman–Crippen MR) is 190 cm³/mol. The zero-order chi connectivity index (χ0) is 32.8. The van der Waals surface area contributed by atoms with E-state index in [1.54, 1.807) is 14.2 Å². The molecule has 3 heterocycles.